The van der Waals surface area contributed by atoms with Crippen LogP contribution in [0.15, 0.2) is 24.3 Å². The minimum atomic E-state index is -1.14. The van der Waals surface area contributed by atoms with Crippen LogP contribution in [0, 0.1) is 0 Å². The van der Waals surface area contributed by atoms with Crippen molar-refractivity contribution in [3.05, 3.63) is 24.3 Å². The van der Waals surface area contributed by atoms with E-state index in [-0.39, 0.29) is 18.5 Å². The third-order valence-corrected chi connectivity index (χ3v) is 15.8. The van der Waals surface area contributed by atoms with E-state index in [0.717, 1.165) is 64.2 Å². The topological polar surface area (TPSA) is 116 Å². The molecule has 4 N–H and O–H groups in total. The molecule has 0 spiro atoms. The molecule has 0 aliphatic rings. The molecule has 0 radical (unpaired) electrons. The number of allylic oxidation sites excluding steroid dienone is 4. The third kappa shape index (κ3) is 58.3. The van der Waals surface area contributed by atoms with Gasteiger partial charge in [0.2, 0.25) is 5.91 Å². The monoisotopic (exact) mass is 1060 g/mol. The highest BCUT2D eigenvalue weighted by Crippen LogP contribution is 2.19. The van der Waals surface area contributed by atoms with Gasteiger partial charge in [0.1, 0.15) is 6.10 Å². The molecule has 7 nitrogen and oxygen atoms in total. The van der Waals surface area contributed by atoms with Gasteiger partial charge in [-0.15, -0.1) is 0 Å². The second-order valence-corrected chi connectivity index (χ2v) is 23.3. The van der Waals surface area contributed by atoms with Gasteiger partial charge in [0.15, 0.2) is 0 Å². The summed E-state index contributed by atoms with van der Waals surface area (Å²) in [5, 5.41) is 33.8. The lowest BCUT2D eigenvalue weighted by Crippen LogP contribution is -2.50. The summed E-state index contributed by atoms with van der Waals surface area (Å²) in [5.74, 6) is -0.144. The molecule has 0 aliphatic heterocycles. The Morgan fingerprint density at radius 2 is 0.693 bits per heavy atom. The van der Waals surface area contributed by atoms with Crippen LogP contribution in [-0.2, 0) is 14.3 Å². The van der Waals surface area contributed by atoms with Crippen LogP contribution in [0.4, 0.5) is 0 Å². The lowest BCUT2D eigenvalue weighted by molar-refractivity contribution is -0.143. The molecule has 0 aromatic carbocycles. The van der Waals surface area contributed by atoms with E-state index in [2.05, 4.69) is 43.5 Å². The van der Waals surface area contributed by atoms with Gasteiger partial charge in [-0.2, -0.15) is 0 Å². The Morgan fingerprint density at radius 1 is 0.387 bits per heavy atom. The highest BCUT2D eigenvalue weighted by Gasteiger charge is 2.27. The fourth-order valence-corrected chi connectivity index (χ4v) is 10.7. The average Bonchev–Trinajstić information content (AvgIpc) is 3.41. The van der Waals surface area contributed by atoms with Crippen LogP contribution in [-0.4, -0.2) is 58.7 Å². The quantitative estimate of drug-likeness (QED) is 0.0274. The molecule has 75 heavy (non-hydrogen) atoms. The van der Waals surface area contributed by atoms with Crippen molar-refractivity contribution < 1.29 is 29.6 Å². The van der Waals surface area contributed by atoms with E-state index in [4.69, 9.17) is 4.74 Å². The summed E-state index contributed by atoms with van der Waals surface area (Å²) >= 11 is 0. The molecule has 0 heterocycles. The largest absolute Gasteiger partial charge is 0.466 e. The number of ether oxygens (including phenoxy) is 1. The lowest BCUT2D eigenvalue weighted by atomic mass is 9.99. The highest BCUT2D eigenvalue weighted by atomic mass is 16.5. The zero-order valence-electron chi connectivity index (χ0n) is 50.4. The molecule has 3 atom stereocenters. The SMILES string of the molecule is CCCCC/C=C\C/C=C\CCCCCCCC(=O)OCCCCCCCCCCCCCCCCCCCCCCCCCCCC(=O)N[C@@H](CO)[C@H](O)[C@H](O)CCCCCCCCCCCCCCCCCC. The van der Waals surface area contributed by atoms with Crippen LogP contribution in [0.1, 0.15) is 367 Å². The molecule has 0 saturated heterocycles. The lowest BCUT2D eigenvalue weighted by Gasteiger charge is -2.26. The van der Waals surface area contributed by atoms with Gasteiger partial charge < -0.3 is 25.4 Å². The maximum absolute atomic E-state index is 12.5. The summed E-state index contributed by atoms with van der Waals surface area (Å²) in [6, 6.07) is -0.813. The summed E-state index contributed by atoms with van der Waals surface area (Å²) in [7, 11) is 0. The number of carbonyl (C=O) groups excluding carboxylic acids is 2. The van der Waals surface area contributed by atoms with Gasteiger partial charge in [0.05, 0.1) is 25.4 Å². The predicted octanol–water partition coefficient (Wildman–Crippen LogP) is 20.3. The number of aliphatic hydroxyl groups is 3. The van der Waals surface area contributed by atoms with E-state index in [1.807, 2.05) is 0 Å². The Hall–Kier alpha value is -1.70. The molecule has 1 amide bonds. The van der Waals surface area contributed by atoms with Gasteiger partial charge in [-0.25, -0.2) is 0 Å². The van der Waals surface area contributed by atoms with Crippen molar-refractivity contribution >= 4 is 11.9 Å². The normalized spacial score (nSPS) is 13.1. The van der Waals surface area contributed by atoms with Gasteiger partial charge in [-0.05, 0) is 57.8 Å². The van der Waals surface area contributed by atoms with Crippen molar-refractivity contribution in [1.82, 2.24) is 5.32 Å². The van der Waals surface area contributed by atoms with Gasteiger partial charge in [-0.1, -0.05) is 321 Å². The van der Waals surface area contributed by atoms with Crippen LogP contribution >= 0.6 is 0 Å². The number of rotatable bonds is 63. The summed E-state index contributed by atoms with van der Waals surface area (Å²) in [6.45, 7) is 4.77. The fraction of sp³-hybridized carbons (Fsp3) is 0.912. The van der Waals surface area contributed by atoms with Crippen molar-refractivity contribution in [2.24, 2.45) is 0 Å². The summed E-state index contributed by atoms with van der Waals surface area (Å²) in [4.78, 5) is 24.6. The van der Waals surface area contributed by atoms with Crippen LogP contribution < -0.4 is 5.32 Å². The number of carbonyl (C=O) groups is 2. The Kier molecular flexibility index (Phi) is 61.7. The first-order chi connectivity index (χ1) is 37.0. The first-order valence-corrected chi connectivity index (χ1v) is 33.7. The number of esters is 1. The van der Waals surface area contributed by atoms with Crippen molar-refractivity contribution in [2.75, 3.05) is 13.2 Å². The second-order valence-electron chi connectivity index (χ2n) is 23.3. The van der Waals surface area contributed by atoms with E-state index >= 15 is 0 Å². The zero-order valence-corrected chi connectivity index (χ0v) is 50.4. The van der Waals surface area contributed by atoms with Gasteiger partial charge in [0.25, 0.3) is 0 Å². The standard InChI is InChI=1S/C68H131NO6/c1-3-5-7-9-11-13-15-17-19-32-35-39-43-47-51-55-59-65(71)68(74)64(63-70)69-66(72)60-56-52-48-44-40-36-33-29-27-25-23-21-20-22-24-26-28-30-34-38-42-46-50-54-58-62-75-67(73)61-57-53-49-45-41-37-31-18-16-14-12-10-8-6-4-2/h12,14,18,31,64-65,68,70-71,74H,3-11,13,15-17,19-30,32-63H2,1-2H3,(H,69,72)/b14-12-,31-18-/t64-,65+,68-/m0/s1. The Morgan fingerprint density at radius 3 is 1.08 bits per heavy atom. The Bertz CT molecular complexity index is 1190. The maximum Gasteiger partial charge on any atom is 0.305 e. The summed E-state index contributed by atoms with van der Waals surface area (Å²) in [6.07, 6.45) is 75.1. The van der Waals surface area contributed by atoms with Crippen molar-refractivity contribution in [3.8, 4) is 0 Å². The van der Waals surface area contributed by atoms with Crippen LogP contribution in [0.5, 0.6) is 0 Å². The minimum Gasteiger partial charge on any atom is -0.466 e. The molecular formula is C68H131NO6. The molecule has 0 aliphatic carbocycles. The summed E-state index contributed by atoms with van der Waals surface area (Å²) < 4.78 is 5.48. The van der Waals surface area contributed by atoms with Crippen molar-refractivity contribution in [2.45, 2.75) is 385 Å². The number of amides is 1. The molecular weight excluding hydrogens is 927 g/mol. The second kappa shape index (κ2) is 63.1. The third-order valence-electron chi connectivity index (χ3n) is 15.8. The van der Waals surface area contributed by atoms with Crippen molar-refractivity contribution in [3.63, 3.8) is 0 Å². The van der Waals surface area contributed by atoms with Crippen LogP contribution in [0.25, 0.3) is 0 Å². The molecule has 0 aromatic rings. The number of unbranched alkanes of at least 4 members (excludes halogenated alkanes) is 47. The van der Waals surface area contributed by atoms with E-state index in [0.29, 0.717) is 25.9 Å². The average molecular weight is 1060 g/mol. The van der Waals surface area contributed by atoms with Crippen molar-refractivity contribution in [1.29, 1.82) is 0 Å². The minimum absolute atomic E-state index is 0.000399. The van der Waals surface area contributed by atoms with Crippen LogP contribution in [0.2, 0.25) is 0 Å². The predicted molar refractivity (Wildman–Crippen MR) is 326 cm³/mol. The molecule has 0 bridgehead atoms. The fourth-order valence-electron chi connectivity index (χ4n) is 10.7. The molecule has 444 valence electrons. The first kappa shape index (κ1) is 73.3. The molecule has 7 heteroatoms. The van der Waals surface area contributed by atoms with E-state index in [9.17, 15) is 24.9 Å². The van der Waals surface area contributed by atoms with E-state index < -0.39 is 18.2 Å². The van der Waals surface area contributed by atoms with E-state index in [1.165, 1.54) is 270 Å². The van der Waals surface area contributed by atoms with Gasteiger partial charge >= 0.3 is 5.97 Å². The molecule has 0 saturated carbocycles. The van der Waals surface area contributed by atoms with E-state index in [1.54, 1.807) is 0 Å². The smallest absolute Gasteiger partial charge is 0.305 e. The number of hydrogen-bond acceptors (Lipinski definition) is 6. The molecule has 0 rings (SSSR count). The molecule has 0 aromatic heterocycles. The Labute approximate surface area is 467 Å². The highest BCUT2D eigenvalue weighted by molar-refractivity contribution is 5.76. The van der Waals surface area contributed by atoms with Crippen LogP contribution in [0.3, 0.4) is 0 Å². The Balaban J connectivity index is 3.41. The number of nitrogens with one attached hydrogen (secondary N) is 1. The van der Waals surface area contributed by atoms with Gasteiger partial charge in [-0.3, -0.25) is 9.59 Å². The maximum atomic E-state index is 12.5. The molecule has 0 fully saturated rings. The number of hydrogen-bond donors (Lipinski definition) is 4. The zero-order chi connectivity index (χ0) is 54.4. The van der Waals surface area contributed by atoms with Gasteiger partial charge in [0, 0.05) is 12.8 Å². The summed E-state index contributed by atoms with van der Waals surface area (Å²) in [5.41, 5.74) is 0. The molecule has 0 unspecified atom stereocenters. The first-order valence-electron chi connectivity index (χ1n) is 33.7. The number of aliphatic hydroxyl groups excluding tert-OH is 3.